The van der Waals surface area contributed by atoms with Gasteiger partial charge >= 0.3 is 0 Å². The molecule has 1 unspecified atom stereocenters. The van der Waals surface area contributed by atoms with Crippen molar-refractivity contribution in [2.24, 2.45) is 0 Å². The summed E-state index contributed by atoms with van der Waals surface area (Å²) in [6.07, 6.45) is 2.57. The second-order valence-electron chi connectivity index (χ2n) is 10.5. The van der Waals surface area contributed by atoms with Crippen molar-refractivity contribution in [3.8, 4) is 17.0 Å². The molecule has 2 aromatic heterocycles. The average Bonchev–Trinajstić information content (AvgIpc) is 3.67. The van der Waals surface area contributed by atoms with Crippen molar-refractivity contribution in [3.05, 3.63) is 102 Å². The van der Waals surface area contributed by atoms with Gasteiger partial charge < -0.3 is 15.4 Å². The van der Waals surface area contributed by atoms with Crippen LogP contribution in [0.1, 0.15) is 31.2 Å². The molecule has 9 heteroatoms. The molecule has 1 saturated heterocycles. The van der Waals surface area contributed by atoms with Crippen LogP contribution in [-0.2, 0) is 4.79 Å². The molecule has 8 nitrogen and oxygen atoms in total. The molecule has 0 aliphatic carbocycles. The fourth-order valence-corrected chi connectivity index (χ4v) is 5.37. The van der Waals surface area contributed by atoms with Gasteiger partial charge in [0.2, 0.25) is 11.9 Å². The number of nitrogens with one attached hydrogen (secondary N) is 2. The van der Waals surface area contributed by atoms with Gasteiger partial charge in [-0.05, 0) is 99.1 Å². The number of nitrogens with zero attached hydrogens (tertiary/aromatic N) is 4. The van der Waals surface area contributed by atoms with Gasteiger partial charge in [0.1, 0.15) is 12.4 Å². The molecule has 1 atom stereocenters. The summed E-state index contributed by atoms with van der Waals surface area (Å²) < 4.78 is 7.72. The minimum Gasteiger partial charge on any atom is -0.492 e. The van der Waals surface area contributed by atoms with Gasteiger partial charge in [-0.1, -0.05) is 41.9 Å². The maximum absolute atomic E-state index is 13.0. The van der Waals surface area contributed by atoms with E-state index in [-0.39, 0.29) is 11.8 Å². The maximum Gasteiger partial charge on any atom is 0.247 e. The molecular weight excluding hydrogens is 548 g/mol. The first-order chi connectivity index (χ1) is 20.5. The highest BCUT2D eigenvalue weighted by molar-refractivity contribution is 6.30. The van der Waals surface area contributed by atoms with E-state index < -0.39 is 0 Å². The summed E-state index contributed by atoms with van der Waals surface area (Å²) in [5.74, 6) is 0.877. The van der Waals surface area contributed by atoms with Crippen LogP contribution >= 0.6 is 11.6 Å². The molecule has 3 heterocycles. The predicted octanol–water partition coefficient (Wildman–Crippen LogP) is 7.01. The molecule has 1 aliphatic heterocycles. The Kier molecular flexibility index (Phi) is 8.35. The third kappa shape index (κ3) is 6.56. The molecule has 0 spiro atoms. The minimum atomic E-state index is -0.352. The molecule has 0 saturated carbocycles. The van der Waals surface area contributed by atoms with E-state index in [1.807, 2.05) is 91.9 Å². The van der Waals surface area contributed by atoms with Crippen molar-refractivity contribution in [2.75, 3.05) is 36.9 Å². The second kappa shape index (κ2) is 12.6. The number of hydrogen-bond acceptors (Lipinski definition) is 6. The Hall–Kier alpha value is -4.40. The number of hydrogen-bond donors (Lipinski definition) is 2. The van der Waals surface area contributed by atoms with Crippen LogP contribution in [0.4, 0.5) is 17.3 Å². The van der Waals surface area contributed by atoms with Crippen molar-refractivity contribution in [3.63, 3.8) is 0 Å². The van der Waals surface area contributed by atoms with Gasteiger partial charge in [-0.2, -0.15) is 4.98 Å². The van der Waals surface area contributed by atoms with E-state index in [0.717, 1.165) is 34.8 Å². The molecular formula is C33H33ClN6O2. The molecule has 1 amide bonds. The summed E-state index contributed by atoms with van der Waals surface area (Å²) in [6.45, 7) is 5.87. The van der Waals surface area contributed by atoms with Crippen molar-refractivity contribution >= 4 is 40.5 Å². The lowest BCUT2D eigenvalue weighted by atomic mass is 10.0. The lowest BCUT2D eigenvalue weighted by molar-refractivity contribution is -0.117. The molecule has 6 rings (SSSR count). The third-order valence-corrected chi connectivity index (χ3v) is 7.75. The topological polar surface area (TPSA) is 83.8 Å². The maximum atomic E-state index is 13.0. The van der Waals surface area contributed by atoms with Gasteiger partial charge in [0, 0.05) is 28.5 Å². The van der Waals surface area contributed by atoms with Gasteiger partial charge in [-0.25, -0.2) is 4.52 Å². The SMILES string of the molecule is CC(C(=O)Nc1cccc(-c2cccc3nc(Nc4ccc(OCCN5CCCC5)cc4)nn23)c1)c1cccc(Cl)c1. The standard InChI is InChI=1S/C33H33ClN6O2/c1-23(24-7-4-9-26(34)21-24)32(41)35-28-10-5-8-25(22-28)30-11-6-12-31-37-33(38-40(30)31)36-27-13-15-29(16-14-27)42-20-19-39-17-2-3-18-39/h4-16,21-23H,2-3,17-20H2,1H3,(H,35,41)(H,36,38). The lowest BCUT2D eigenvalue weighted by Gasteiger charge is -2.15. The van der Waals surface area contributed by atoms with Crippen molar-refractivity contribution in [1.82, 2.24) is 19.5 Å². The van der Waals surface area contributed by atoms with E-state index in [1.165, 1.54) is 25.9 Å². The van der Waals surface area contributed by atoms with E-state index >= 15 is 0 Å². The first kappa shape index (κ1) is 27.8. The van der Waals surface area contributed by atoms with Gasteiger partial charge in [0.05, 0.1) is 11.6 Å². The number of aromatic nitrogens is 3. The minimum absolute atomic E-state index is 0.108. The van der Waals surface area contributed by atoms with Crippen LogP contribution in [0.5, 0.6) is 5.75 Å². The first-order valence-corrected chi connectivity index (χ1v) is 14.6. The summed E-state index contributed by atoms with van der Waals surface area (Å²) in [6, 6.07) is 28.8. The van der Waals surface area contributed by atoms with Crippen LogP contribution in [0.25, 0.3) is 16.9 Å². The van der Waals surface area contributed by atoms with Crippen LogP contribution in [0.2, 0.25) is 5.02 Å². The molecule has 3 aromatic carbocycles. The van der Waals surface area contributed by atoms with Crippen LogP contribution in [0, 0.1) is 0 Å². The van der Waals surface area contributed by atoms with E-state index in [1.54, 1.807) is 10.6 Å². The lowest BCUT2D eigenvalue weighted by Crippen LogP contribution is -2.25. The third-order valence-electron chi connectivity index (χ3n) is 7.51. The molecule has 42 heavy (non-hydrogen) atoms. The number of carbonyl (C=O) groups excluding carboxylic acids is 1. The summed E-state index contributed by atoms with van der Waals surface area (Å²) >= 11 is 6.12. The van der Waals surface area contributed by atoms with Crippen molar-refractivity contribution in [2.45, 2.75) is 25.7 Å². The van der Waals surface area contributed by atoms with Crippen molar-refractivity contribution in [1.29, 1.82) is 0 Å². The van der Waals surface area contributed by atoms with Crippen LogP contribution in [0.15, 0.2) is 91.0 Å². The highest BCUT2D eigenvalue weighted by atomic mass is 35.5. The van der Waals surface area contributed by atoms with Gasteiger partial charge in [-0.3, -0.25) is 9.69 Å². The quantitative estimate of drug-likeness (QED) is 0.185. The van der Waals surface area contributed by atoms with E-state index in [2.05, 4.69) is 20.5 Å². The zero-order chi connectivity index (χ0) is 28.9. The van der Waals surface area contributed by atoms with E-state index in [4.69, 9.17) is 21.4 Å². The number of rotatable bonds is 10. The highest BCUT2D eigenvalue weighted by Gasteiger charge is 2.17. The zero-order valence-corrected chi connectivity index (χ0v) is 24.2. The fourth-order valence-electron chi connectivity index (χ4n) is 5.17. The summed E-state index contributed by atoms with van der Waals surface area (Å²) in [7, 11) is 0. The Morgan fingerprint density at radius 3 is 2.55 bits per heavy atom. The Labute approximate surface area is 250 Å². The number of likely N-dealkylation sites (tertiary alicyclic amines) is 1. The smallest absolute Gasteiger partial charge is 0.247 e. The molecule has 1 aliphatic rings. The monoisotopic (exact) mass is 580 g/mol. The number of anilines is 3. The molecule has 5 aromatic rings. The van der Waals surface area contributed by atoms with Gasteiger partial charge in [-0.15, -0.1) is 5.10 Å². The number of halogens is 1. The number of fused-ring (bicyclic) bond motifs is 1. The second-order valence-corrected chi connectivity index (χ2v) is 10.9. The average molecular weight is 581 g/mol. The Morgan fingerprint density at radius 2 is 1.74 bits per heavy atom. The fraction of sp³-hybridized carbons (Fsp3) is 0.242. The van der Waals surface area contributed by atoms with Gasteiger partial charge in [0.25, 0.3) is 0 Å². The summed E-state index contributed by atoms with van der Waals surface area (Å²) in [5, 5.41) is 11.7. The number of pyridine rings is 1. The van der Waals surface area contributed by atoms with Crippen LogP contribution in [-0.4, -0.2) is 51.6 Å². The Morgan fingerprint density at radius 1 is 0.952 bits per heavy atom. The molecule has 0 radical (unpaired) electrons. The highest BCUT2D eigenvalue weighted by Crippen LogP contribution is 2.27. The van der Waals surface area contributed by atoms with E-state index in [9.17, 15) is 4.79 Å². The normalized spacial score (nSPS) is 14.1. The molecule has 0 bridgehead atoms. The summed E-state index contributed by atoms with van der Waals surface area (Å²) in [4.78, 5) is 20.1. The first-order valence-electron chi connectivity index (χ1n) is 14.3. The van der Waals surface area contributed by atoms with Gasteiger partial charge in [0.15, 0.2) is 5.65 Å². The number of benzene rings is 3. The van der Waals surface area contributed by atoms with Crippen molar-refractivity contribution < 1.29 is 9.53 Å². The van der Waals surface area contributed by atoms with E-state index in [0.29, 0.717) is 28.9 Å². The Bertz CT molecular complexity index is 1680. The van der Waals surface area contributed by atoms with Crippen LogP contribution in [0.3, 0.4) is 0 Å². The summed E-state index contributed by atoms with van der Waals surface area (Å²) in [5.41, 5.74) is 4.90. The molecule has 1 fully saturated rings. The zero-order valence-electron chi connectivity index (χ0n) is 23.5. The van der Waals surface area contributed by atoms with Crippen LogP contribution < -0.4 is 15.4 Å². The molecule has 2 N–H and O–H groups in total. The molecule has 214 valence electrons. The predicted molar refractivity (Wildman–Crippen MR) is 168 cm³/mol. The largest absolute Gasteiger partial charge is 0.492 e. The number of carbonyl (C=O) groups is 1. The number of amides is 1. The Balaban J connectivity index is 1.13. The number of ether oxygens (including phenoxy) is 1.